The number of hydrogen-bond acceptors (Lipinski definition) is 4. The Morgan fingerprint density at radius 2 is 1.82 bits per heavy atom. The second-order valence-corrected chi connectivity index (χ2v) is 5.82. The molecule has 1 rings (SSSR count). The molecular formula is C17H26N2O3. The van der Waals surface area contributed by atoms with Crippen LogP contribution in [0.3, 0.4) is 0 Å². The molecule has 0 radical (unpaired) electrons. The summed E-state index contributed by atoms with van der Waals surface area (Å²) in [7, 11) is 1.33. The van der Waals surface area contributed by atoms with Crippen LogP contribution in [0.15, 0.2) is 12.1 Å². The van der Waals surface area contributed by atoms with Crippen LogP contribution in [0.2, 0.25) is 0 Å². The van der Waals surface area contributed by atoms with Crippen LogP contribution in [0.1, 0.15) is 48.2 Å². The second-order valence-electron chi connectivity index (χ2n) is 5.82. The van der Waals surface area contributed by atoms with Gasteiger partial charge in [0.05, 0.1) is 7.11 Å². The van der Waals surface area contributed by atoms with E-state index >= 15 is 0 Å². The highest BCUT2D eigenvalue weighted by molar-refractivity contribution is 5.97. The highest BCUT2D eigenvalue weighted by Crippen LogP contribution is 2.19. The van der Waals surface area contributed by atoms with E-state index in [2.05, 4.69) is 5.32 Å². The molecule has 0 fully saturated rings. The number of carbonyl (C=O) groups is 2. The Hall–Kier alpha value is -2.04. The molecule has 0 aliphatic heterocycles. The first kappa shape index (κ1) is 18.0. The maximum Gasteiger partial charge on any atom is 0.328 e. The van der Waals surface area contributed by atoms with Gasteiger partial charge in [-0.25, -0.2) is 4.79 Å². The van der Waals surface area contributed by atoms with Crippen molar-refractivity contribution in [3.05, 3.63) is 28.8 Å². The first-order valence-electron chi connectivity index (χ1n) is 7.55. The average molecular weight is 306 g/mol. The van der Waals surface area contributed by atoms with Crippen LogP contribution in [0, 0.1) is 19.8 Å². The van der Waals surface area contributed by atoms with Crippen LogP contribution in [0.4, 0.5) is 5.69 Å². The van der Waals surface area contributed by atoms with Gasteiger partial charge < -0.3 is 15.8 Å². The van der Waals surface area contributed by atoms with Crippen molar-refractivity contribution < 1.29 is 14.3 Å². The molecule has 1 aromatic rings. The summed E-state index contributed by atoms with van der Waals surface area (Å²) in [6.07, 6.45) is 1.49. The predicted octanol–water partition coefficient (Wildman–Crippen LogP) is 2.59. The molecule has 0 saturated carbocycles. The number of amides is 1. The number of hydrogen-bond donors (Lipinski definition) is 2. The molecule has 0 aliphatic rings. The largest absolute Gasteiger partial charge is 0.467 e. The van der Waals surface area contributed by atoms with Gasteiger partial charge in [-0.05, 0) is 49.4 Å². The molecule has 0 saturated heterocycles. The zero-order chi connectivity index (χ0) is 16.9. The Balaban J connectivity index is 2.93. The maximum atomic E-state index is 12.4. The van der Waals surface area contributed by atoms with Crippen molar-refractivity contribution in [1.82, 2.24) is 5.32 Å². The van der Waals surface area contributed by atoms with Gasteiger partial charge in [0.2, 0.25) is 0 Å². The Labute approximate surface area is 132 Å². The molecule has 0 aromatic heterocycles. The van der Waals surface area contributed by atoms with E-state index in [1.807, 2.05) is 27.7 Å². The van der Waals surface area contributed by atoms with E-state index in [-0.39, 0.29) is 5.91 Å². The zero-order valence-electron chi connectivity index (χ0n) is 14.0. The summed E-state index contributed by atoms with van der Waals surface area (Å²) in [5.41, 5.74) is 8.78. The fourth-order valence-electron chi connectivity index (χ4n) is 2.27. The van der Waals surface area contributed by atoms with E-state index in [4.69, 9.17) is 10.5 Å². The molecular weight excluding hydrogens is 280 g/mol. The van der Waals surface area contributed by atoms with Crippen molar-refractivity contribution in [2.45, 2.75) is 46.6 Å². The lowest BCUT2D eigenvalue weighted by atomic mass is 9.98. The Morgan fingerprint density at radius 3 is 2.27 bits per heavy atom. The minimum absolute atomic E-state index is 0.287. The maximum absolute atomic E-state index is 12.4. The van der Waals surface area contributed by atoms with E-state index in [1.54, 1.807) is 12.1 Å². The molecule has 22 heavy (non-hydrogen) atoms. The van der Waals surface area contributed by atoms with Crippen molar-refractivity contribution in [1.29, 1.82) is 0 Å². The van der Waals surface area contributed by atoms with Crippen molar-refractivity contribution >= 4 is 17.6 Å². The van der Waals surface area contributed by atoms with Crippen LogP contribution in [-0.4, -0.2) is 25.0 Å². The zero-order valence-corrected chi connectivity index (χ0v) is 14.0. The molecule has 3 N–H and O–H groups in total. The number of anilines is 1. The van der Waals surface area contributed by atoms with Gasteiger partial charge in [0.25, 0.3) is 5.91 Å². The minimum atomic E-state index is -0.634. The van der Waals surface area contributed by atoms with Crippen molar-refractivity contribution in [2.75, 3.05) is 12.8 Å². The van der Waals surface area contributed by atoms with E-state index in [9.17, 15) is 9.59 Å². The van der Waals surface area contributed by atoms with Gasteiger partial charge >= 0.3 is 5.97 Å². The molecule has 1 amide bonds. The van der Waals surface area contributed by atoms with Gasteiger partial charge in [-0.2, -0.15) is 0 Å². The Kier molecular flexibility index (Phi) is 6.40. The van der Waals surface area contributed by atoms with E-state index in [0.717, 1.165) is 17.5 Å². The molecule has 1 aromatic carbocycles. The molecule has 0 aliphatic carbocycles. The summed E-state index contributed by atoms with van der Waals surface area (Å²) in [4.78, 5) is 24.3. The third kappa shape index (κ3) is 4.48. The van der Waals surface area contributed by atoms with Crippen molar-refractivity contribution in [3.63, 3.8) is 0 Å². The molecule has 0 spiro atoms. The molecule has 0 heterocycles. The van der Waals surface area contributed by atoms with Gasteiger partial charge in [0.15, 0.2) is 0 Å². The first-order valence-corrected chi connectivity index (χ1v) is 7.55. The van der Waals surface area contributed by atoms with Gasteiger partial charge in [-0.15, -0.1) is 0 Å². The summed E-state index contributed by atoms with van der Waals surface area (Å²) in [5, 5.41) is 2.77. The smallest absolute Gasteiger partial charge is 0.328 e. The summed E-state index contributed by atoms with van der Waals surface area (Å²) in [5.74, 6) is -0.387. The summed E-state index contributed by atoms with van der Waals surface area (Å²) in [6, 6.07) is 2.83. The lowest BCUT2D eigenvalue weighted by Gasteiger charge is -2.20. The Morgan fingerprint density at radius 1 is 1.27 bits per heavy atom. The lowest BCUT2D eigenvalue weighted by molar-refractivity contribution is -0.143. The molecule has 0 bridgehead atoms. The lowest BCUT2D eigenvalue weighted by Crippen LogP contribution is -2.42. The number of aryl methyl sites for hydroxylation is 2. The number of rotatable bonds is 6. The number of methoxy groups -OCH3 is 1. The van der Waals surface area contributed by atoms with Crippen molar-refractivity contribution in [3.8, 4) is 0 Å². The number of nitrogen functional groups attached to an aromatic ring is 1. The fraction of sp³-hybridized carbons (Fsp3) is 0.529. The average Bonchev–Trinajstić information content (AvgIpc) is 2.50. The highest BCUT2D eigenvalue weighted by atomic mass is 16.5. The minimum Gasteiger partial charge on any atom is -0.467 e. The summed E-state index contributed by atoms with van der Waals surface area (Å²) < 4.78 is 4.79. The van der Waals surface area contributed by atoms with Gasteiger partial charge in [-0.3, -0.25) is 4.79 Å². The van der Waals surface area contributed by atoms with E-state index in [1.165, 1.54) is 7.11 Å². The van der Waals surface area contributed by atoms with E-state index < -0.39 is 12.0 Å². The SMILES string of the molecule is CCC(C)CC(NC(=O)c1cc(C)c(N)c(C)c1)C(=O)OC. The second kappa shape index (κ2) is 7.82. The quantitative estimate of drug-likeness (QED) is 0.625. The molecule has 5 heteroatoms. The van der Waals surface area contributed by atoms with Gasteiger partial charge in [0.1, 0.15) is 6.04 Å². The topological polar surface area (TPSA) is 81.4 Å². The number of nitrogens with two attached hydrogens (primary N) is 1. The number of benzene rings is 1. The van der Waals surface area contributed by atoms with Crippen LogP contribution < -0.4 is 11.1 Å². The van der Waals surface area contributed by atoms with Crippen molar-refractivity contribution in [2.24, 2.45) is 5.92 Å². The number of carbonyl (C=O) groups excluding carboxylic acids is 2. The summed E-state index contributed by atoms with van der Waals surface area (Å²) >= 11 is 0. The third-order valence-corrected chi connectivity index (χ3v) is 3.98. The Bertz CT molecular complexity index is 532. The number of nitrogens with one attached hydrogen (secondary N) is 1. The molecule has 5 nitrogen and oxygen atoms in total. The number of ether oxygens (including phenoxy) is 1. The molecule has 2 unspecified atom stereocenters. The predicted molar refractivity (Wildman–Crippen MR) is 87.7 cm³/mol. The van der Waals surface area contributed by atoms with Crippen LogP contribution >= 0.6 is 0 Å². The summed E-state index contributed by atoms with van der Waals surface area (Å²) in [6.45, 7) is 7.80. The van der Waals surface area contributed by atoms with Crippen LogP contribution in [-0.2, 0) is 9.53 Å². The normalized spacial score (nSPS) is 13.3. The third-order valence-electron chi connectivity index (χ3n) is 3.98. The highest BCUT2D eigenvalue weighted by Gasteiger charge is 2.24. The first-order chi connectivity index (χ1) is 10.3. The fourth-order valence-corrected chi connectivity index (χ4v) is 2.27. The van der Waals surface area contributed by atoms with Gasteiger partial charge in [-0.1, -0.05) is 20.3 Å². The molecule has 122 valence electrons. The van der Waals surface area contributed by atoms with Crippen LogP contribution in [0.5, 0.6) is 0 Å². The number of esters is 1. The van der Waals surface area contributed by atoms with E-state index in [0.29, 0.717) is 23.6 Å². The van der Waals surface area contributed by atoms with Gasteiger partial charge in [0, 0.05) is 11.3 Å². The monoisotopic (exact) mass is 306 g/mol. The standard InChI is InChI=1S/C17H26N2O3/c1-6-10(2)7-14(17(21)22-5)19-16(20)13-8-11(3)15(18)12(4)9-13/h8-10,14H,6-7,18H2,1-5H3,(H,19,20). The molecule has 2 atom stereocenters. The van der Waals surface area contributed by atoms with Crippen LogP contribution in [0.25, 0.3) is 0 Å².